The molecule has 0 radical (unpaired) electrons. The van der Waals surface area contributed by atoms with Crippen molar-refractivity contribution in [3.05, 3.63) is 21.3 Å². The van der Waals surface area contributed by atoms with Gasteiger partial charge < -0.3 is 10.5 Å². The van der Waals surface area contributed by atoms with Gasteiger partial charge in [-0.25, -0.2) is 0 Å². The van der Waals surface area contributed by atoms with Gasteiger partial charge in [-0.2, -0.15) is 0 Å². The van der Waals surface area contributed by atoms with Crippen LogP contribution < -0.4 is 5.73 Å². The third-order valence-corrected chi connectivity index (χ3v) is 5.71. The summed E-state index contributed by atoms with van der Waals surface area (Å²) in [5.74, 6) is 0.686. The van der Waals surface area contributed by atoms with Gasteiger partial charge in [0, 0.05) is 10.9 Å². The Hall–Kier alpha value is -0.0900. The molecule has 1 fully saturated rings. The first-order chi connectivity index (χ1) is 9.65. The van der Waals surface area contributed by atoms with Crippen LogP contribution in [0.25, 0.3) is 0 Å². The Labute approximate surface area is 131 Å². The second kappa shape index (κ2) is 7.79. The van der Waals surface area contributed by atoms with Crippen LogP contribution in [0.3, 0.4) is 0 Å². The number of hydrogen-bond acceptors (Lipinski definition) is 3. The van der Waals surface area contributed by atoms with Crippen molar-refractivity contribution in [3.63, 3.8) is 0 Å². The number of ether oxygens (including phenoxy) is 1. The zero-order chi connectivity index (χ0) is 14.5. The van der Waals surface area contributed by atoms with Crippen LogP contribution >= 0.6 is 22.9 Å². The number of thiophene rings is 1. The molecule has 20 heavy (non-hydrogen) atoms. The Morgan fingerprint density at radius 3 is 2.70 bits per heavy atom. The highest BCUT2D eigenvalue weighted by Crippen LogP contribution is 2.37. The van der Waals surface area contributed by atoms with E-state index in [4.69, 9.17) is 22.1 Å². The molecule has 4 atom stereocenters. The van der Waals surface area contributed by atoms with Crippen LogP contribution in [0.15, 0.2) is 12.1 Å². The molecule has 1 heterocycles. The van der Waals surface area contributed by atoms with Crippen LogP contribution in [-0.2, 0) is 4.74 Å². The average Bonchev–Trinajstić information content (AvgIpc) is 2.90. The van der Waals surface area contributed by atoms with Gasteiger partial charge >= 0.3 is 0 Å². The third kappa shape index (κ3) is 3.97. The molecule has 2 nitrogen and oxygen atoms in total. The van der Waals surface area contributed by atoms with Gasteiger partial charge in [0.2, 0.25) is 0 Å². The van der Waals surface area contributed by atoms with Crippen molar-refractivity contribution in [2.45, 2.75) is 70.6 Å². The topological polar surface area (TPSA) is 35.2 Å². The van der Waals surface area contributed by atoms with Gasteiger partial charge in [-0.15, -0.1) is 11.3 Å². The maximum absolute atomic E-state index is 6.47. The highest BCUT2D eigenvalue weighted by Gasteiger charge is 2.30. The predicted molar refractivity (Wildman–Crippen MR) is 87.5 cm³/mol. The van der Waals surface area contributed by atoms with Gasteiger partial charge in [0.15, 0.2) is 0 Å². The van der Waals surface area contributed by atoms with E-state index in [-0.39, 0.29) is 12.1 Å². The lowest BCUT2D eigenvalue weighted by Crippen LogP contribution is -2.36. The number of hydrogen-bond donors (Lipinski definition) is 1. The quantitative estimate of drug-likeness (QED) is 0.786. The second-order valence-corrected chi connectivity index (χ2v) is 7.51. The molecule has 1 aliphatic carbocycles. The highest BCUT2D eigenvalue weighted by atomic mass is 35.5. The fourth-order valence-corrected chi connectivity index (χ4v) is 4.26. The van der Waals surface area contributed by atoms with Gasteiger partial charge in [0.1, 0.15) is 6.10 Å². The van der Waals surface area contributed by atoms with Crippen molar-refractivity contribution in [2.24, 2.45) is 11.7 Å². The lowest BCUT2D eigenvalue weighted by Gasteiger charge is -2.35. The first kappa shape index (κ1) is 16.3. The van der Waals surface area contributed by atoms with Crippen LogP contribution in [0.2, 0.25) is 4.34 Å². The Bertz CT molecular complexity index is 409. The molecule has 0 amide bonds. The van der Waals surface area contributed by atoms with Crippen LogP contribution in [0, 0.1) is 5.92 Å². The number of rotatable bonds is 6. The summed E-state index contributed by atoms with van der Waals surface area (Å²) in [7, 11) is 0. The molecule has 1 aliphatic rings. The molecule has 2 N–H and O–H groups in total. The zero-order valence-electron chi connectivity index (χ0n) is 12.5. The molecule has 0 aromatic carbocycles. The molecule has 4 unspecified atom stereocenters. The highest BCUT2D eigenvalue weighted by molar-refractivity contribution is 7.16. The monoisotopic (exact) mass is 315 g/mol. The largest absolute Gasteiger partial charge is 0.368 e. The van der Waals surface area contributed by atoms with Crippen LogP contribution in [-0.4, -0.2) is 12.1 Å². The average molecular weight is 316 g/mol. The molecule has 0 saturated heterocycles. The zero-order valence-corrected chi connectivity index (χ0v) is 14.1. The molecule has 114 valence electrons. The van der Waals surface area contributed by atoms with E-state index in [1.165, 1.54) is 37.0 Å². The van der Waals surface area contributed by atoms with Crippen LogP contribution in [0.1, 0.15) is 63.4 Å². The minimum Gasteiger partial charge on any atom is -0.368 e. The number of halogens is 1. The Kier molecular flexibility index (Phi) is 6.34. The first-order valence-electron chi connectivity index (χ1n) is 7.82. The molecule has 0 spiro atoms. The van der Waals surface area contributed by atoms with Gasteiger partial charge in [-0.3, -0.25) is 0 Å². The lowest BCUT2D eigenvalue weighted by atomic mass is 9.84. The summed E-state index contributed by atoms with van der Waals surface area (Å²) in [6.07, 6.45) is 7.55. The second-order valence-electron chi connectivity index (χ2n) is 5.76. The summed E-state index contributed by atoms with van der Waals surface area (Å²) in [5.41, 5.74) is 6.30. The fraction of sp³-hybridized carbons (Fsp3) is 0.750. The minimum atomic E-state index is -0.00495. The molecule has 1 aromatic heterocycles. The predicted octanol–water partition coefficient (Wildman–Crippen LogP) is 5.17. The van der Waals surface area contributed by atoms with Gasteiger partial charge in [-0.05, 0) is 37.3 Å². The van der Waals surface area contributed by atoms with E-state index in [0.717, 1.165) is 10.8 Å². The van der Waals surface area contributed by atoms with Crippen molar-refractivity contribution in [1.82, 2.24) is 0 Å². The lowest BCUT2D eigenvalue weighted by molar-refractivity contribution is -0.0710. The standard InChI is InChI=1S/C16H26ClNOS/c1-3-11-7-5-6-8-13(11)19-16(12(18)4-2)14-9-10-15(17)20-14/h9-13,16H,3-8,18H2,1-2H3. The van der Waals surface area contributed by atoms with E-state index in [1.54, 1.807) is 11.3 Å². The van der Waals surface area contributed by atoms with E-state index >= 15 is 0 Å². The Morgan fingerprint density at radius 2 is 2.10 bits per heavy atom. The van der Waals surface area contributed by atoms with Crippen molar-refractivity contribution in [3.8, 4) is 0 Å². The van der Waals surface area contributed by atoms with E-state index in [1.807, 2.05) is 6.07 Å². The summed E-state index contributed by atoms with van der Waals surface area (Å²) in [6, 6.07) is 4.05. The summed E-state index contributed by atoms with van der Waals surface area (Å²) >= 11 is 7.67. The minimum absolute atomic E-state index is 0.00495. The summed E-state index contributed by atoms with van der Waals surface area (Å²) in [6.45, 7) is 4.39. The van der Waals surface area contributed by atoms with Gasteiger partial charge in [0.05, 0.1) is 10.4 Å². The summed E-state index contributed by atoms with van der Waals surface area (Å²) in [4.78, 5) is 1.17. The van der Waals surface area contributed by atoms with Gasteiger partial charge in [-0.1, -0.05) is 44.7 Å². The van der Waals surface area contributed by atoms with Crippen LogP contribution in [0.4, 0.5) is 0 Å². The van der Waals surface area contributed by atoms with Crippen LogP contribution in [0.5, 0.6) is 0 Å². The Morgan fingerprint density at radius 1 is 1.35 bits per heavy atom. The molecule has 1 saturated carbocycles. The fourth-order valence-electron chi connectivity index (χ4n) is 3.08. The van der Waals surface area contributed by atoms with Crippen molar-refractivity contribution < 1.29 is 4.74 Å². The molecule has 0 aliphatic heterocycles. The SMILES string of the molecule is CCC(N)C(OC1CCCCC1CC)c1ccc(Cl)s1. The summed E-state index contributed by atoms with van der Waals surface area (Å²) in [5, 5.41) is 0. The van der Waals surface area contributed by atoms with Crippen molar-refractivity contribution >= 4 is 22.9 Å². The third-order valence-electron chi connectivity index (χ3n) is 4.42. The molecule has 4 heteroatoms. The molecule has 0 bridgehead atoms. The molecule has 2 rings (SSSR count). The van der Waals surface area contributed by atoms with E-state index in [2.05, 4.69) is 19.9 Å². The number of nitrogens with two attached hydrogens (primary N) is 1. The van der Waals surface area contributed by atoms with E-state index in [0.29, 0.717) is 12.0 Å². The maximum atomic E-state index is 6.47. The van der Waals surface area contributed by atoms with Gasteiger partial charge in [0.25, 0.3) is 0 Å². The smallest absolute Gasteiger partial charge is 0.107 e. The molecular weight excluding hydrogens is 290 g/mol. The normalized spacial score (nSPS) is 26.4. The van der Waals surface area contributed by atoms with Crippen molar-refractivity contribution in [2.75, 3.05) is 0 Å². The molecule has 1 aromatic rings. The Balaban J connectivity index is 2.11. The first-order valence-corrected chi connectivity index (χ1v) is 9.01. The molecular formula is C16H26ClNOS. The van der Waals surface area contributed by atoms with E-state index in [9.17, 15) is 0 Å². The maximum Gasteiger partial charge on any atom is 0.107 e. The van der Waals surface area contributed by atoms with Crippen molar-refractivity contribution in [1.29, 1.82) is 0 Å². The summed E-state index contributed by atoms with van der Waals surface area (Å²) < 4.78 is 7.29. The van der Waals surface area contributed by atoms with E-state index < -0.39 is 0 Å².